The summed E-state index contributed by atoms with van der Waals surface area (Å²) in [6, 6.07) is 18.9. The fraction of sp³-hybridized carbons (Fsp3) is 0.345. The number of aliphatic carboxylic acids is 1. The molecule has 2 aliphatic heterocycles. The van der Waals surface area contributed by atoms with Gasteiger partial charge in [-0.3, -0.25) is 0 Å². The Morgan fingerprint density at radius 1 is 1.18 bits per heavy atom. The summed E-state index contributed by atoms with van der Waals surface area (Å²) in [5.74, 6) is 0.463. The number of pyridine rings is 1. The summed E-state index contributed by atoms with van der Waals surface area (Å²) in [5, 5.41) is 23.8. The first-order chi connectivity index (χ1) is 18.2. The molecule has 2 aromatic heterocycles. The zero-order chi connectivity index (χ0) is 26.7. The number of hydrogen-bond donors (Lipinski definition) is 3. The van der Waals surface area contributed by atoms with Crippen molar-refractivity contribution in [2.24, 2.45) is 5.41 Å². The van der Waals surface area contributed by atoms with E-state index in [2.05, 4.69) is 48.5 Å². The Labute approximate surface area is 226 Å². The number of carboxylic acid groups (broad SMARTS) is 1. The van der Waals surface area contributed by atoms with Gasteiger partial charge in [0.2, 0.25) is 0 Å². The highest BCUT2D eigenvalue weighted by atomic mass is 35.5. The van der Waals surface area contributed by atoms with Crippen LogP contribution in [0.5, 0.6) is 0 Å². The van der Waals surface area contributed by atoms with Crippen LogP contribution in [0, 0.1) is 5.41 Å². The molecule has 0 amide bonds. The number of fused-ring (bicyclic) bond motifs is 3. The maximum atomic E-state index is 12.8. The number of halogens is 1. The van der Waals surface area contributed by atoms with Gasteiger partial charge in [0.1, 0.15) is 11.9 Å². The van der Waals surface area contributed by atoms with Crippen LogP contribution < -0.4 is 15.5 Å². The second-order valence-electron chi connectivity index (χ2n) is 11.2. The van der Waals surface area contributed by atoms with Gasteiger partial charge in [0.25, 0.3) is 0 Å². The van der Waals surface area contributed by atoms with Gasteiger partial charge in [0.15, 0.2) is 5.82 Å². The smallest absolute Gasteiger partial charge is 0.328 e. The lowest BCUT2D eigenvalue weighted by atomic mass is 9.69. The zero-order valence-corrected chi connectivity index (χ0v) is 22.4. The Morgan fingerprint density at radius 3 is 2.71 bits per heavy atom. The number of anilines is 2. The van der Waals surface area contributed by atoms with Crippen LogP contribution in [0.15, 0.2) is 66.9 Å². The van der Waals surface area contributed by atoms with Gasteiger partial charge in [-0.2, -0.15) is 0 Å². The molecule has 0 aliphatic carbocycles. The molecule has 0 saturated carbocycles. The molecular weight excluding hydrogens is 500 g/mol. The van der Waals surface area contributed by atoms with Crippen LogP contribution in [0.4, 0.5) is 11.6 Å². The number of aromatic nitrogens is 3. The van der Waals surface area contributed by atoms with E-state index in [0.717, 1.165) is 34.4 Å². The molecular formula is C29H31ClN6O2. The van der Waals surface area contributed by atoms with Gasteiger partial charge >= 0.3 is 5.97 Å². The molecule has 38 heavy (non-hydrogen) atoms. The van der Waals surface area contributed by atoms with E-state index in [1.165, 1.54) is 0 Å². The molecule has 8 nitrogen and oxygen atoms in total. The van der Waals surface area contributed by atoms with Crippen LogP contribution >= 0.6 is 11.6 Å². The average Bonchev–Trinajstić information content (AvgIpc) is 3.60. The SMILES string of the molecule is CC(C)(C)C12CC(CN1)N(c1nn(-c3ccnc(NCc4ccccc4)c3)c3cccc(Cl)c13)C2C(=O)O. The minimum atomic E-state index is -0.860. The van der Waals surface area contributed by atoms with E-state index in [1.54, 1.807) is 6.20 Å². The molecule has 196 valence electrons. The van der Waals surface area contributed by atoms with E-state index in [4.69, 9.17) is 16.7 Å². The van der Waals surface area contributed by atoms with Crippen molar-refractivity contribution in [3.05, 3.63) is 77.4 Å². The van der Waals surface area contributed by atoms with Gasteiger partial charge in [-0.15, -0.1) is 5.10 Å². The number of nitrogens with one attached hydrogen (secondary N) is 2. The van der Waals surface area contributed by atoms with Crippen LogP contribution in [-0.2, 0) is 11.3 Å². The van der Waals surface area contributed by atoms with Gasteiger partial charge < -0.3 is 20.6 Å². The lowest BCUT2D eigenvalue weighted by Crippen LogP contribution is -2.67. The number of rotatable bonds is 6. The van der Waals surface area contributed by atoms with E-state index in [0.29, 0.717) is 23.9 Å². The number of benzene rings is 2. The highest BCUT2D eigenvalue weighted by Crippen LogP contribution is 2.51. The van der Waals surface area contributed by atoms with Crippen molar-refractivity contribution in [3.8, 4) is 5.69 Å². The topological polar surface area (TPSA) is 95.3 Å². The third-order valence-corrected chi connectivity index (χ3v) is 8.42. The van der Waals surface area contributed by atoms with Crippen molar-refractivity contribution >= 4 is 40.1 Å². The fourth-order valence-electron chi connectivity index (χ4n) is 6.20. The first kappa shape index (κ1) is 24.7. The highest BCUT2D eigenvalue weighted by Gasteiger charge is 2.65. The molecule has 2 bridgehead atoms. The zero-order valence-electron chi connectivity index (χ0n) is 21.6. The molecule has 0 radical (unpaired) electrons. The predicted octanol–water partition coefficient (Wildman–Crippen LogP) is 5.11. The van der Waals surface area contributed by atoms with Gasteiger partial charge in [0, 0.05) is 31.4 Å². The normalized spacial score (nSPS) is 22.8. The van der Waals surface area contributed by atoms with Crippen molar-refractivity contribution in [2.75, 3.05) is 16.8 Å². The second kappa shape index (κ2) is 8.99. The molecule has 3 N–H and O–H groups in total. The Balaban J connectivity index is 1.44. The first-order valence-electron chi connectivity index (χ1n) is 12.9. The third kappa shape index (κ3) is 3.82. The maximum absolute atomic E-state index is 12.8. The van der Waals surface area contributed by atoms with Crippen molar-refractivity contribution in [3.63, 3.8) is 0 Å². The van der Waals surface area contributed by atoms with E-state index in [1.807, 2.05) is 58.1 Å². The van der Waals surface area contributed by atoms with Crippen LogP contribution in [0.25, 0.3) is 16.6 Å². The van der Waals surface area contributed by atoms with Crippen molar-refractivity contribution < 1.29 is 9.90 Å². The molecule has 2 aromatic carbocycles. The van der Waals surface area contributed by atoms with Crippen molar-refractivity contribution in [1.82, 2.24) is 20.1 Å². The Morgan fingerprint density at radius 2 is 1.97 bits per heavy atom. The summed E-state index contributed by atoms with van der Waals surface area (Å²) < 4.78 is 1.84. The fourth-order valence-corrected chi connectivity index (χ4v) is 6.45. The molecule has 2 fully saturated rings. The standard InChI is InChI=1S/C29H31ClN6O2/c1-28(2,3)29-15-20(17-33-29)35(25(29)27(37)38)26-24-21(30)10-7-11-22(24)36(34-26)19-12-13-31-23(14-19)32-16-18-8-5-4-6-9-18/h4-14,20,25,33H,15-17H2,1-3H3,(H,31,32)(H,37,38). The van der Waals surface area contributed by atoms with E-state index in [9.17, 15) is 9.90 Å². The number of piperazine rings is 1. The molecule has 3 atom stereocenters. The summed E-state index contributed by atoms with van der Waals surface area (Å²) in [6.45, 7) is 7.65. The number of hydrogen-bond acceptors (Lipinski definition) is 6. The molecule has 0 spiro atoms. The van der Waals surface area contributed by atoms with Crippen molar-refractivity contribution in [1.29, 1.82) is 0 Å². The van der Waals surface area contributed by atoms with Gasteiger partial charge in [-0.05, 0) is 35.6 Å². The second-order valence-corrected chi connectivity index (χ2v) is 11.6. The maximum Gasteiger partial charge on any atom is 0.328 e. The Bertz CT molecular complexity index is 1510. The van der Waals surface area contributed by atoms with Gasteiger partial charge in [0.05, 0.1) is 27.2 Å². The van der Waals surface area contributed by atoms with Crippen LogP contribution in [0.3, 0.4) is 0 Å². The molecule has 2 aliphatic rings. The monoisotopic (exact) mass is 530 g/mol. The lowest BCUT2D eigenvalue weighted by molar-refractivity contribution is -0.141. The van der Waals surface area contributed by atoms with Crippen LogP contribution in [0.2, 0.25) is 5.02 Å². The van der Waals surface area contributed by atoms with Gasteiger partial charge in [-0.1, -0.05) is 68.8 Å². The largest absolute Gasteiger partial charge is 0.480 e. The minimum absolute atomic E-state index is 0.00121. The number of nitrogens with zero attached hydrogens (tertiary/aromatic N) is 4. The average molecular weight is 531 g/mol. The predicted molar refractivity (Wildman–Crippen MR) is 150 cm³/mol. The molecule has 9 heteroatoms. The molecule has 6 rings (SSSR count). The number of carboxylic acids is 1. The number of carbonyl (C=O) groups is 1. The summed E-state index contributed by atoms with van der Waals surface area (Å²) in [6.07, 6.45) is 2.48. The van der Waals surface area contributed by atoms with Crippen LogP contribution in [0.1, 0.15) is 32.8 Å². The molecule has 4 heterocycles. The Hall–Kier alpha value is -3.62. The third-order valence-electron chi connectivity index (χ3n) is 8.11. The summed E-state index contributed by atoms with van der Waals surface area (Å²) >= 11 is 6.78. The highest BCUT2D eigenvalue weighted by molar-refractivity contribution is 6.36. The summed E-state index contributed by atoms with van der Waals surface area (Å²) in [4.78, 5) is 19.3. The minimum Gasteiger partial charge on any atom is -0.480 e. The van der Waals surface area contributed by atoms with E-state index < -0.39 is 17.6 Å². The van der Waals surface area contributed by atoms with E-state index >= 15 is 0 Å². The molecule has 2 saturated heterocycles. The molecule has 4 aromatic rings. The van der Waals surface area contributed by atoms with E-state index in [-0.39, 0.29) is 11.5 Å². The summed E-state index contributed by atoms with van der Waals surface area (Å²) in [7, 11) is 0. The van der Waals surface area contributed by atoms with Crippen molar-refractivity contribution in [2.45, 2.75) is 51.4 Å². The summed E-state index contributed by atoms with van der Waals surface area (Å²) in [5.41, 5.74) is 1.94. The Kier molecular flexibility index (Phi) is 5.85. The lowest BCUT2D eigenvalue weighted by Gasteiger charge is -2.47. The quantitative estimate of drug-likeness (QED) is 0.319. The first-order valence-corrected chi connectivity index (χ1v) is 13.2. The van der Waals surface area contributed by atoms with Gasteiger partial charge in [-0.25, -0.2) is 14.5 Å². The molecule has 3 unspecified atom stereocenters. The van der Waals surface area contributed by atoms with Crippen LogP contribution in [-0.4, -0.2) is 50.0 Å².